The van der Waals surface area contributed by atoms with Gasteiger partial charge in [0.05, 0.1) is 5.56 Å². The monoisotopic (exact) mass is 234 g/mol. The Hall–Kier alpha value is -2.24. The Bertz CT molecular complexity index is 564. The van der Waals surface area contributed by atoms with Crippen molar-refractivity contribution >= 4 is 11.9 Å². The molecule has 0 fully saturated rings. The summed E-state index contributed by atoms with van der Waals surface area (Å²) >= 11 is 0. The lowest BCUT2D eigenvalue weighted by Crippen LogP contribution is -2.15. The molecule has 0 radical (unpaired) electrons. The number of aromatic amines is 1. The minimum Gasteiger partial charge on any atom is -0.289 e. The first-order valence-corrected chi connectivity index (χ1v) is 5.03. The van der Waals surface area contributed by atoms with Gasteiger partial charge in [0.1, 0.15) is 11.6 Å². The Morgan fingerprint density at radius 3 is 2.82 bits per heavy atom. The van der Waals surface area contributed by atoms with Crippen molar-refractivity contribution in [1.29, 1.82) is 0 Å². The van der Waals surface area contributed by atoms with Crippen LogP contribution in [0.2, 0.25) is 0 Å². The predicted molar refractivity (Wildman–Crippen MR) is 60.2 cm³/mol. The van der Waals surface area contributed by atoms with Crippen molar-refractivity contribution in [1.82, 2.24) is 15.2 Å². The third kappa shape index (κ3) is 2.30. The molecule has 1 heterocycles. The number of aromatic nitrogens is 3. The van der Waals surface area contributed by atoms with Gasteiger partial charge in [-0.15, -0.1) is 5.10 Å². The van der Waals surface area contributed by atoms with Crippen molar-refractivity contribution in [3.8, 4) is 0 Å². The highest BCUT2D eigenvalue weighted by atomic mass is 19.1. The lowest BCUT2D eigenvalue weighted by atomic mass is 10.1. The van der Waals surface area contributed by atoms with Crippen LogP contribution in [0.5, 0.6) is 0 Å². The van der Waals surface area contributed by atoms with E-state index in [0.29, 0.717) is 11.4 Å². The zero-order chi connectivity index (χ0) is 12.4. The van der Waals surface area contributed by atoms with E-state index in [4.69, 9.17) is 0 Å². The van der Waals surface area contributed by atoms with Gasteiger partial charge in [-0.1, -0.05) is 12.1 Å². The number of anilines is 1. The maximum absolute atomic E-state index is 13.7. The van der Waals surface area contributed by atoms with Gasteiger partial charge in [0.25, 0.3) is 5.91 Å². The van der Waals surface area contributed by atoms with Gasteiger partial charge in [0.15, 0.2) is 0 Å². The van der Waals surface area contributed by atoms with Gasteiger partial charge < -0.3 is 0 Å². The van der Waals surface area contributed by atoms with Gasteiger partial charge in [-0.3, -0.25) is 15.2 Å². The zero-order valence-corrected chi connectivity index (χ0v) is 9.41. The number of aryl methyl sites for hydroxylation is 2. The lowest BCUT2D eigenvalue weighted by Gasteiger charge is -2.04. The summed E-state index contributed by atoms with van der Waals surface area (Å²) in [4.78, 5) is 15.7. The molecule has 17 heavy (non-hydrogen) atoms. The van der Waals surface area contributed by atoms with Crippen molar-refractivity contribution < 1.29 is 9.18 Å². The van der Waals surface area contributed by atoms with Crippen LogP contribution in [0.1, 0.15) is 21.7 Å². The highest BCUT2D eigenvalue weighted by Crippen LogP contribution is 2.13. The van der Waals surface area contributed by atoms with E-state index in [1.165, 1.54) is 6.07 Å². The summed E-state index contributed by atoms with van der Waals surface area (Å²) in [5.74, 6) is -0.388. The van der Waals surface area contributed by atoms with E-state index in [2.05, 4.69) is 20.5 Å². The first-order valence-electron chi connectivity index (χ1n) is 5.03. The Kier molecular flexibility index (Phi) is 2.86. The summed E-state index contributed by atoms with van der Waals surface area (Å²) in [5, 5.41) is 8.74. The maximum Gasteiger partial charge on any atom is 0.261 e. The van der Waals surface area contributed by atoms with Gasteiger partial charge in [-0.05, 0) is 25.5 Å². The molecule has 0 atom stereocenters. The number of carbonyl (C=O) groups excluding carboxylic acids is 1. The topological polar surface area (TPSA) is 70.7 Å². The molecule has 0 spiro atoms. The molecule has 0 aliphatic heterocycles. The smallest absolute Gasteiger partial charge is 0.261 e. The first kappa shape index (κ1) is 11.3. The minimum absolute atomic E-state index is 0.0209. The quantitative estimate of drug-likeness (QED) is 0.832. The highest BCUT2D eigenvalue weighted by molar-refractivity contribution is 6.03. The molecule has 2 N–H and O–H groups in total. The second-order valence-electron chi connectivity index (χ2n) is 3.64. The Morgan fingerprint density at radius 2 is 2.18 bits per heavy atom. The van der Waals surface area contributed by atoms with E-state index in [1.807, 2.05) is 0 Å². The van der Waals surface area contributed by atoms with Crippen molar-refractivity contribution in [3.63, 3.8) is 0 Å². The fourth-order valence-corrected chi connectivity index (χ4v) is 1.39. The van der Waals surface area contributed by atoms with E-state index in [1.54, 1.807) is 26.0 Å². The van der Waals surface area contributed by atoms with Crippen LogP contribution >= 0.6 is 0 Å². The van der Waals surface area contributed by atoms with Crippen molar-refractivity contribution in [2.45, 2.75) is 13.8 Å². The van der Waals surface area contributed by atoms with Crippen LogP contribution in [-0.2, 0) is 0 Å². The zero-order valence-electron chi connectivity index (χ0n) is 9.41. The van der Waals surface area contributed by atoms with E-state index in [9.17, 15) is 9.18 Å². The number of halogens is 1. The molecule has 0 saturated heterocycles. The summed E-state index contributed by atoms with van der Waals surface area (Å²) in [7, 11) is 0. The van der Waals surface area contributed by atoms with E-state index >= 15 is 0 Å². The molecular weight excluding hydrogens is 223 g/mol. The number of benzene rings is 1. The molecule has 1 aromatic carbocycles. The third-order valence-electron chi connectivity index (χ3n) is 2.26. The molecule has 1 amide bonds. The molecule has 2 aromatic rings. The summed E-state index contributed by atoms with van der Waals surface area (Å²) in [6.45, 7) is 3.30. The number of hydrogen-bond donors (Lipinski definition) is 2. The molecule has 0 aliphatic rings. The van der Waals surface area contributed by atoms with Gasteiger partial charge >= 0.3 is 0 Å². The van der Waals surface area contributed by atoms with Gasteiger partial charge in [0, 0.05) is 0 Å². The van der Waals surface area contributed by atoms with Crippen molar-refractivity contribution in [2.24, 2.45) is 0 Å². The minimum atomic E-state index is -0.565. The number of amides is 1. The molecule has 0 aliphatic carbocycles. The summed E-state index contributed by atoms with van der Waals surface area (Å²) in [6.07, 6.45) is 0. The van der Waals surface area contributed by atoms with Crippen molar-refractivity contribution in [3.05, 3.63) is 41.0 Å². The molecule has 0 bridgehead atoms. The molecule has 6 heteroatoms. The second-order valence-corrected chi connectivity index (χ2v) is 3.64. The van der Waals surface area contributed by atoms with Crippen LogP contribution in [0.15, 0.2) is 18.2 Å². The second kappa shape index (κ2) is 4.32. The van der Waals surface area contributed by atoms with Crippen LogP contribution in [0.3, 0.4) is 0 Å². The average Bonchev–Trinajstić information content (AvgIpc) is 2.68. The summed E-state index contributed by atoms with van der Waals surface area (Å²) < 4.78 is 13.7. The molecule has 0 saturated carbocycles. The van der Waals surface area contributed by atoms with Crippen LogP contribution < -0.4 is 5.32 Å². The molecule has 1 aromatic heterocycles. The Morgan fingerprint density at radius 1 is 1.41 bits per heavy atom. The summed E-state index contributed by atoms with van der Waals surface area (Å²) in [6, 6.07) is 4.64. The van der Waals surface area contributed by atoms with Crippen LogP contribution in [-0.4, -0.2) is 21.1 Å². The number of carbonyl (C=O) groups is 1. The van der Waals surface area contributed by atoms with E-state index in [0.717, 1.165) is 0 Å². The molecule has 5 nitrogen and oxygen atoms in total. The number of H-pyrrole nitrogens is 1. The Labute approximate surface area is 97.1 Å². The average molecular weight is 234 g/mol. The van der Waals surface area contributed by atoms with Crippen LogP contribution in [0.4, 0.5) is 10.3 Å². The lowest BCUT2D eigenvalue weighted by molar-refractivity contribution is 0.102. The maximum atomic E-state index is 13.7. The van der Waals surface area contributed by atoms with E-state index in [-0.39, 0.29) is 11.5 Å². The summed E-state index contributed by atoms with van der Waals surface area (Å²) in [5.41, 5.74) is 0.399. The number of nitrogens with one attached hydrogen (secondary N) is 2. The highest BCUT2D eigenvalue weighted by Gasteiger charge is 2.14. The fraction of sp³-hybridized carbons (Fsp3) is 0.182. The fourth-order valence-electron chi connectivity index (χ4n) is 1.39. The predicted octanol–water partition coefficient (Wildman–Crippen LogP) is 1.81. The van der Waals surface area contributed by atoms with Crippen LogP contribution in [0, 0.1) is 19.7 Å². The largest absolute Gasteiger partial charge is 0.289 e. The standard InChI is InChI=1S/C11H11FN4O/c1-6-4-3-5-8(9(6)12)10(17)14-11-13-7(2)15-16-11/h3-5H,1-2H3,(H2,13,14,15,16,17). The molecule has 88 valence electrons. The van der Waals surface area contributed by atoms with Gasteiger partial charge in [0.2, 0.25) is 5.95 Å². The number of rotatable bonds is 2. The van der Waals surface area contributed by atoms with Crippen molar-refractivity contribution in [2.75, 3.05) is 5.32 Å². The molecule has 2 rings (SSSR count). The SMILES string of the molecule is Cc1nc(NC(=O)c2cccc(C)c2F)n[nH]1. The molecule has 0 unspecified atom stereocenters. The van der Waals surface area contributed by atoms with E-state index < -0.39 is 11.7 Å². The number of nitrogens with zero attached hydrogens (tertiary/aromatic N) is 2. The van der Waals surface area contributed by atoms with Gasteiger partial charge in [-0.2, -0.15) is 4.98 Å². The van der Waals surface area contributed by atoms with Gasteiger partial charge in [-0.25, -0.2) is 4.39 Å². The molecular formula is C11H11FN4O. The third-order valence-corrected chi connectivity index (χ3v) is 2.26. The van der Waals surface area contributed by atoms with Crippen LogP contribution in [0.25, 0.3) is 0 Å². The Balaban J connectivity index is 2.23. The number of hydrogen-bond acceptors (Lipinski definition) is 3. The normalized spacial score (nSPS) is 10.3. The first-order chi connectivity index (χ1) is 8.08.